The van der Waals surface area contributed by atoms with Crippen LogP contribution in [0, 0.1) is 0 Å². The van der Waals surface area contributed by atoms with Gasteiger partial charge in [0.25, 0.3) is 5.91 Å². The average Bonchev–Trinajstić information content (AvgIpc) is 2.74. The highest BCUT2D eigenvalue weighted by molar-refractivity contribution is 7.89. The van der Waals surface area contributed by atoms with Crippen LogP contribution < -0.4 is 11.1 Å². The molecule has 8 heteroatoms. The van der Waals surface area contributed by atoms with E-state index in [4.69, 9.17) is 17.3 Å². The molecule has 0 aromatic heterocycles. The van der Waals surface area contributed by atoms with Crippen molar-refractivity contribution in [2.75, 3.05) is 24.6 Å². The minimum atomic E-state index is -3.26. The predicted molar refractivity (Wildman–Crippen MR) is 126 cm³/mol. The van der Waals surface area contributed by atoms with E-state index in [0.29, 0.717) is 43.1 Å². The summed E-state index contributed by atoms with van der Waals surface area (Å²) in [6.45, 7) is 4.68. The molecule has 1 saturated heterocycles. The number of benzene rings is 2. The molecule has 31 heavy (non-hydrogen) atoms. The molecule has 3 rings (SSSR count). The standard InChI is InChI=1S/C23H30ClN3O3S/c1-3-16-31(29,30)27-14-12-23(13-15-27,18-8-5-4-6-9-18)17(2)26-22(28)21-19(24)10-7-11-20(21)25/h4-11,17H,3,12-16,25H2,1-2H3,(H,26,28). The topological polar surface area (TPSA) is 92.5 Å². The summed E-state index contributed by atoms with van der Waals surface area (Å²) in [5.74, 6) is -0.171. The van der Waals surface area contributed by atoms with Gasteiger partial charge in [-0.25, -0.2) is 12.7 Å². The van der Waals surface area contributed by atoms with Crippen LogP contribution in [0.2, 0.25) is 5.02 Å². The molecular weight excluding hydrogens is 434 g/mol. The number of sulfonamides is 1. The fraction of sp³-hybridized carbons (Fsp3) is 0.435. The number of nitrogens with one attached hydrogen (secondary N) is 1. The molecule has 168 valence electrons. The van der Waals surface area contributed by atoms with Crippen molar-refractivity contribution < 1.29 is 13.2 Å². The largest absolute Gasteiger partial charge is 0.398 e. The maximum absolute atomic E-state index is 13.0. The minimum Gasteiger partial charge on any atom is -0.398 e. The van der Waals surface area contributed by atoms with Crippen LogP contribution in [-0.2, 0) is 15.4 Å². The lowest BCUT2D eigenvalue weighted by atomic mass is 9.68. The summed E-state index contributed by atoms with van der Waals surface area (Å²) in [5, 5.41) is 3.40. The number of nitrogen functional groups attached to an aromatic ring is 1. The SMILES string of the molecule is CCCS(=O)(=O)N1CCC(c2ccccc2)(C(C)NC(=O)c2c(N)cccc2Cl)CC1. The van der Waals surface area contributed by atoms with E-state index >= 15 is 0 Å². The maximum atomic E-state index is 13.0. The summed E-state index contributed by atoms with van der Waals surface area (Å²) in [7, 11) is -3.26. The Bertz CT molecular complexity index is 999. The Hall–Kier alpha value is -2.09. The minimum absolute atomic E-state index is 0.156. The third-order valence-corrected chi connectivity index (χ3v) is 8.66. The van der Waals surface area contributed by atoms with Gasteiger partial charge >= 0.3 is 0 Å². The number of amides is 1. The van der Waals surface area contributed by atoms with Gasteiger partial charge < -0.3 is 11.1 Å². The summed E-state index contributed by atoms with van der Waals surface area (Å²) in [4.78, 5) is 13.0. The van der Waals surface area contributed by atoms with Gasteiger partial charge in [0.1, 0.15) is 0 Å². The average molecular weight is 464 g/mol. The van der Waals surface area contributed by atoms with Crippen molar-refractivity contribution in [1.29, 1.82) is 0 Å². The van der Waals surface area contributed by atoms with E-state index in [2.05, 4.69) is 5.32 Å². The zero-order chi connectivity index (χ0) is 22.6. The Morgan fingerprint density at radius 2 is 1.81 bits per heavy atom. The highest BCUT2D eigenvalue weighted by Crippen LogP contribution is 2.39. The first-order valence-corrected chi connectivity index (χ1v) is 12.6. The Kier molecular flexibility index (Phi) is 7.29. The Morgan fingerprint density at radius 1 is 1.16 bits per heavy atom. The van der Waals surface area contributed by atoms with Gasteiger partial charge in [0.15, 0.2) is 0 Å². The summed E-state index contributed by atoms with van der Waals surface area (Å²) in [6.07, 6.45) is 1.81. The fourth-order valence-electron chi connectivity index (χ4n) is 4.48. The highest BCUT2D eigenvalue weighted by Gasteiger charge is 2.43. The first-order valence-electron chi connectivity index (χ1n) is 10.6. The van der Waals surface area contributed by atoms with Gasteiger partial charge in [0.2, 0.25) is 10.0 Å². The zero-order valence-corrected chi connectivity index (χ0v) is 19.5. The summed E-state index contributed by atoms with van der Waals surface area (Å²) in [5.41, 5.74) is 7.28. The summed E-state index contributed by atoms with van der Waals surface area (Å²) >= 11 is 6.23. The van der Waals surface area contributed by atoms with Crippen LogP contribution in [-0.4, -0.2) is 43.5 Å². The molecular formula is C23H30ClN3O3S. The second-order valence-corrected chi connectivity index (χ2v) is 10.6. The van der Waals surface area contributed by atoms with E-state index in [1.54, 1.807) is 22.5 Å². The van der Waals surface area contributed by atoms with Gasteiger partial charge in [0, 0.05) is 30.2 Å². The molecule has 6 nitrogen and oxygen atoms in total. The number of piperidine rings is 1. The van der Waals surface area contributed by atoms with Crippen molar-refractivity contribution in [2.45, 2.75) is 44.6 Å². The third-order valence-electron chi connectivity index (χ3n) is 6.27. The lowest BCUT2D eigenvalue weighted by Crippen LogP contribution is -2.55. The number of hydrogen-bond donors (Lipinski definition) is 2. The van der Waals surface area contributed by atoms with E-state index in [0.717, 1.165) is 5.56 Å². The highest BCUT2D eigenvalue weighted by atomic mass is 35.5. The van der Waals surface area contributed by atoms with E-state index in [1.165, 1.54) is 0 Å². The molecule has 3 N–H and O–H groups in total. The predicted octanol–water partition coefficient (Wildman–Crippen LogP) is 3.81. The van der Waals surface area contributed by atoms with Gasteiger partial charge in [-0.15, -0.1) is 0 Å². The number of nitrogens with zero attached hydrogens (tertiary/aromatic N) is 1. The van der Waals surface area contributed by atoms with Crippen molar-refractivity contribution in [3.8, 4) is 0 Å². The van der Waals surface area contributed by atoms with Gasteiger partial charge in [-0.05, 0) is 43.9 Å². The van der Waals surface area contributed by atoms with Crippen molar-refractivity contribution >= 4 is 33.2 Å². The van der Waals surface area contributed by atoms with Gasteiger partial charge in [-0.1, -0.05) is 54.9 Å². The number of carbonyl (C=O) groups excluding carboxylic acids is 1. The molecule has 1 aliphatic rings. The summed E-state index contributed by atoms with van der Waals surface area (Å²) in [6, 6.07) is 14.7. The molecule has 2 aromatic carbocycles. The van der Waals surface area contributed by atoms with E-state index in [-0.39, 0.29) is 23.3 Å². The number of rotatable bonds is 7. The molecule has 1 fully saturated rings. The molecule has 0 saturated carbocycles. The van der Waals surface area contributed by atoms with E-state index in [9.17, 15) is 13.2 Å². The van der Waals surface area contributed by atoms with E-state index < -0.39 is 15.4 Å². The van der Waals surface area contributed by atoms with Crippen LogP contribution in [0.4, 0.5) is 5.69 Å². The Morgan fingerprint density at radius 3 is 2.39 bits per heavy atom. The number of anilines is 1. The van der Waals surface area contributed by atoms with Gasteiger partial charge in [0.05, 0.1) is 16.3 Å². The fourth-order valence-corrected chi connectivity index (χ4v) is 6.26. The van der Waals surface area contributed by atoms with Crippen LogP contribution in [0.25, 0.3) is 0 Å². The molecule has 1 amide bonds. The number of carbonyl (C=O) groups is 1. The van der Waals surface area contributed by atoms with Crippen molar-refractivity contribution in [2.24, 2.45) is 0 Å². The number of halogens is 1. The normalized spacial score (nSPS) is 17.8. The van der Waals surface area contributed by atoms with Crippen molar-refractivity contribution in [1.82, 2.24) is 9.62 Å². The molecule has 1 aliphatic heterocycles. The van der Waals surface area contributed by atoms with Crippen LogP contribution in [0.3, 0.4) is 0 Å². The molecule has 0 aliphatic carbocycles. The molecule has 0 radical (unpaired) electrons. The lowest BCUT2D eigenvalue weighted by Gasteiger charge is -2.45. The van der Waals surface area contributed by atoms with E-state index in [1.807, 2.05) is 44.2 Å². The molecule has 1 heterocycles. The second-order valence-electron chi connectivity index (χ2n) is 8.14. The van der Waals surface area contributed by atoms with Crippen LogP contribution in [0.5, 0.6) is 0 Å². The third kappa shape index (κ3) is 4.89. The Balaban J connectivity index is 1.88. The molecule has 2 aromatic rings. The quantitative estimate of drug-likeness (QED) is 0.610. The molecule has 0 bridgehead atoms. The van der Waals surface area contributed by atoms with Crippen molar-refractivity contribution in [3.05, 3.63) is 64.7 Å². The smallest absolute Gasteiger partial charge is 0.255 e. The molecule has 0 spiro atoms. The first-order chi connectivity index (χ1) is 14.7. The maximum Gasteiger partial charge on any atom is 0.255 e. The lowest BCUT2D eigenvalue weighted by molar-refractivity contribution is 0.0896. The first kappa shape index (κ1) is 23.6. The Labute approximate surface area is 189 Å². The second kappa shape index (κ2) is 9.59. The monoisotopic (exact) mass is 463 g/mol. The van der Waals surface area contributed by atoms with Gasteiger partial charge in [-0.2, -0.15) is 0 Å². The molecule has 1 atom stereocenters. The van der Waals surface area contributed by atoms with Crippen LogP contribution in [0.15, 0.2) is 48.5 Å². The number of hydrogen-bond acceptors (Lipinski definition) is 4. The zero-order valence-electron chi connectivity index (χ0n) is 18.0. The molecule has 1 unspecified atom stereocenters. The van der Waals surface area contributed by atoms with Crippen LogP contribution >= 0.6 is 11.6 Å². The van der Waals surface area contributed by atoms with Crippen molar-refractivity contribution in [3.63, 3.8) is 0 Å². The summed E-state index contributed by atoms with van der Waals surface area (Å²) < 4.78 is 26.7. The van der Waals surface area contributed by atoms with Crippen LogP contribution in [0.1, 0.15) is 49.0 Å². The number of nitrogens with two attached hydrogens (primary N) is 1. The van der Waals surface area contributed by atoms with Gasteiger partial charge in [-0.3, -0.25) is 4.79 Å².